The lowest BCUT2D eigenvalue weighted by molar-refractivity contribution is 0.0950. The van der Waals surface area contributed by atoms with Gasteiger partial charge in [0, 0.05) is 30.8 Å². The standard InChI is InChI=1S/C28H27FN4O3/c1-18-7-9-22(15-19(18)2)33-27(35)23-10-8-20(26(34)30-17-21-5-3-4-6-24(21)29)16-25(23)31-28(33)32-11-13-36-14-12-32/h3-10,15-16H,11-14,17H2,1-2H3,(H,30,34). The number of halogens is 1. The molecule has 0 bridgehead atoms. The summed E-state index contributed by atoms with van der Waals surface area (Å²) in [5, 5.41) is 3.16. The van der Waals surface area contributed by atoms with Crippen LogP contribution in [0.5, 0.6) is 0 Å². The second kappa shape index (κ2) is 9.91. The number of rotatable bonds is 5. The Hall–Kier alpha value is -4.04. The molecule has 1 N–H and O–H groups in total. The van der Waals surface area contributed by atoms with Crippen molar-refractivity contribution in [2.75, 3.05) is 31.2 Å². The normalized spacial score (nSPS) is 13.7. The van der Waals surface area contributed by atoms with E-state index < -0.39 is 0 Å². The summed E-state index contributed by atoms with van der Waals surface area (Å²) in [6.07, 6.45) is 0. The van der Waals surface area contributed by atoms with E-state index in [9.17, 15) is 14.0 Å². The molecule has 0 atom stereocenters. The van der Waals surface area contributed by atoms with E-state index in [-0.39, 0.29) is 23.8 Å². The number of fused-ring (bicyclic) bond motifs is 1. The fourth-order valence-corrected chi connectivity index (χ4v) is 4.31. The highest BCUT2D eigenvalue weighted by molar-refractivity contribution is 5.97. The Balaban J connectivity index is 1.56. The fraction of sp³-hybridized carbons (Fsp3) is 0.250. The number of nitrogens with zero attached hydrogens (tertiary/aromatic N) is 3. The van der Waals surface area contributed by atoms with Crippen molar-refractivity contribution in [3.05, 3.63) is 99.1 Å². The molecule has 1 amide bonds. The Kier molecular flexibility index (Phi) is 6.52. The molecule has 1 aliphatic rings. The van der Waals surface area contributed by atoms with E-state index >= 15 is 0 Å². The first-order valence-electron chi connectivity index (χ1n) is 11.9. The molecule has 7 nitrogen and oxygen atoms in total. The first-order valence-corrected chi connectivity index (χ1v) is 11.9. The molecule has 5 rings (SSSR count). The second-order valence-corrected chi connectivity index (χ2v) is 8.93. The van der Waals surface area contributed by atoms with E-state index in [0.717, 1.165) is 16.8 Å². The van der Waals surface area contributed by atoms with Crippen LogP contribution >= 0.6 is 0 Å². The van der Waals surface area contributed by atoms with E-state index in [4.69, 9.17) is 9.72 Å². The zero-order chi connectivity index (χ0) is 25.2. The summed E-state index contributed by atoms with van der Waals surface area (Å²) in [6, 6.07) is 17.0. The van der Waals surface area contributed by atoms with Crippen LogP contribution in [-0.4, -0.2) is 41.8 Å². The maximum Gasteiger partial charge on any atom is 0.267 e. The third-order valence-electron chi connectivity index (χ3n) is 6.55. The zero-order valence-electron chi connectivity index (χ0n) is 20.3. The highest BCUT2D eigenvalue weighted by atomic mass is 19.1. The van der Waals surface area contributed by atoms with E-state index in [1.54, 1.807) is 41.0 Å². The number of ether oxygens (including phenoxy) is 1. The first kappa shape index (κ1) is 23.7. The lowest BCUT2D eigenvalue weighted by Crippen LogP contribution is -2.40. The molecule has 184 valence electrons. The van der Waals surface area contributed by atoms with Crippen LogP contribution in [0.25, 0.3) is 16.6 Å². The van der Waals surface area contributed by atoms with Gasteiger partial charge in [-0.15, -0.1) is 0 Å². The van der Waals surface area contributed by atoms with Gasteiger partial charge in [0.15, 0.2) is 0 Å². The van der Waals surface area contributed by atoms with Crippen LogP contribution in [0.15, 0.2) is 65.5 Å². The summed E-state index contributed by atoms with van der Waals surface area (Å²) in [7, 11) is 0. The SMILES string of the molecule is Cc1ccc(-n2c(N3CCOCC3)nc3cc(C(=O)NCc4ccccc4F)ccc3c2=O)cc1C. The summed E-state index contributed by atoms with van der Waals surface area (Å²) in [5.41, 5.74) is 3.93. The van der Waals surface area contributed by atoms with Crippen LogP contribution < -0.4 is 15.8 Å². The third kappa shape index (κ3) is 4.59. The molecule has 1 fully saturated rings. The van der Waals surface area contributed by atoms with Crippen molar-refractivity contribution >= 4 is 22.8 Å². The largest absolute Gasteiger partial charge is 0.378 e. The minimum Gasteiger partial charge on any atom is -0.378 e. The van der Waals surface area contributed by atoms with Gasteiger partial charge in [-0.2, -0.15) is 0 Å². The number of anilines is 1. The molecule has 1 aliphatic heterocycles. The number of nitrogens with one attached hydrogen (secondary N) is 1. The van der Waals surface area contributed by atoms with Crippen molar-refractivity contribution in [3.63, 3.8) is 0 Å². The number of carbonyl (C=O) groups excluding carboxylic acids is 1. The van der Waals surface area contributed by atoms with E-state index in [2.05, 4.69) is 5.32 Å². The number of amides is 1. The molecule has 1 aromatic heterocycles. The monoisotopic (exact) mass is 486 g/mol. The van der Waals surface area contributed by atoms with Gasteiger partial charge in [-0.05, 0) is 61.4 Å². The fourth-order valence-electron chi connectivity index (χ4n) is 4.31. The van der Waals surface area contributed by atoms with Crippen LogP contribution in [0.4, 0.5) is 10.3 Å². The quantitative estimate of drug-likeness (QED) is 0.463. The summed E-state index contributed by atoms with van der Waals surface area (Å²) >= 11 is 0. The molecule has 0 aliphatic carbocycles. The highest BCUT2D eigenvalue weighted by Gasteiger charge is 2.21. The zero-order valence-corrected chi connectivity index (χ0v) is 20.3. The molecular formula is C28H27FN4O3. The van der Waals surface area contributed by atoms with Gasteiger partial charge < -0.3 is 15.0 Å². The van der Waals surface area contributed by atoms with Gasteiger partial charge in [0.25, 0.3) is 11.5 Å². The second-order valence-electron chi connectivity index (χ2n) is 8.93. The third-order valence-corrected chi connectivity index (χ3v) is 6.55. The predicted molar refractivity (Wildman–Crippen MR) is 137 cm³/mol. The molecule has 36 heavy (non-hydrogen) atoms. The van der Waals surface area contributed by atoms with Gasteiger partial charge in [-0.1, -0.05) is 24.3 Å². The topological polar surface area (TPSA) is 76.5 Å². The van der Waals surface area contributed by atoms with E-state index in [0.29, 0.717) is 54.3 Å². The maximum atomic E-state index is 13.9. The van der Waals surface area contributed by atoms with Gasteiger partial charge in [-0.3, -0.25) is 9.59 Å². The summed E-state index contributed by atoms with van der Waals surface area (Å²) < 4.78 is 21.1. The van der Waals surface area contributed by atoms with Gasteiger partial charge in [0.05, 0.1) is 29.8 Å². The van der Waals surface area contributed by atoms with E-state index in [1.165, 1.54) is 6.07 Å². The molecule has 0 saturated carbocycles. The average Bonchev–Trinajstić information content (AvgIpc) is 2.90. The summed E-state index contributed by atoms with van der Waals surface area (Å²) in [6.45, 7) is 6.39. The Bertz CT molecular complexity index is 1510. The maximum absolute atomic E-state index is 13.9. The number of hydrogen-bond acceptors (Lipinski definition) is 5. The Labute approximate surface area is 208 Å². The molecule has 8 heteroatoms. The molecule has 1 saturated heterocycles. The van der Waals surface area contributed by atoms with Crippen molar-refractivity contribution in [1.29, 1.82) is 0 Å². The predicted octanol–water partition coefficient (Wildman–Crippen LogP) is 3.91. The summed E-state index contributed by atoms with van der Waals surface area (Å²) in [4.78, 5) is 33.5. The Morgan fingerprint density at radius 3 is 2.56 bits per heavy atom. The minimum absolute atomic E-state index is 0.0599. The number of aromatic nitrogens is 2. The lowest BCUT2D eigenvalue weighted by Gasteiger charge is -2.30. The number of morpholine rings is 1. The van der Waals surface area contributed by atoms with Crippen LogP contribution in [0.2, 0.25) is 0 Å². The van der Waals surface area contributed by atoms with Crippen LogP contribution in [-0.2, 0) is 11.3 Å². The van der Waals surface area contributed by atoms with Gasteiger partial charge in [-0.25, -0.2) is 13.9 Å². The van der Waals surface area contributed by atoms with Crippen molar-refractivity contribution in [2.24, 2.45) is 0 Å². The first-order chi connectivity index (χ1) is 17.4. The Morgan fingerprint density at radius 1 is 1.03 bits per heavy atom. The molecule has 0 radical (unpaired) electrons. The number of carbonyl (C=O) groups is 1. The van der Waals surface area contributed by atoms with Crippen LogP contribution in [0, 0.1) is 19.7 Å². The molecule has 4 aromatic rings. The van der Waals surface area contributed by atoms with Crippen molar-refractivity contribution in [1.82, 2.24) is 14.9 Å². The molecule has 3 aromatic carbocycles. The average molecular weight is 487 g/mol. The number of benzene rings is 3. The van der Waals surface area contributed by atoms with E-state index in [1.807, 2.05) is 36.9 Å². The van der Waals surface area contributed by atoms with Gasteiger partial charge >= 0.3 is 0 Å². The van der Waals surface area contributed by atoms with Crippen LogP contribution in [0.3, 0.4) is 0 Å². The molecule has 0 spiro atoms. The highest BCUT2D eigenvalue weighted by Crippen LogP contribution is 2.23. The van der Waals surface area contributed by atoms with Crippen molar-refractivity contribution in [2.45, 2.75) is 20.4 Å². The number of hydrogen-bond donors (Lipinski definition) is 1. The molecule has 2 heterocycles. The molecule has 0 unspecified atom stereocenters. The lowest BCUT2D eigenvalue weighted by atomic mass is 10.1. The number of aryl methyl sites for hydroxylation is 2. The summed E-state index contributed by atoms with van der Waals surface area (Å²) in [5.74, 6) is -0.226. The Morgan fingerprint density at radius 2 is 1.81 bits per heavy atom. The van der Waals surface area contributed by atoms with Gasteiger partial charge in [0.2, 0.25) is 5.95 Å². The molecular weight excluding hydrogens is 459 g/mol. The smallest absolute Gasteiger partial charge is 0.267 e. The minimum atomic E-state index is -0.375. The van der Waals surface area contributed by atoms with Crippen molar-refractivity contribution < 1.29 is 13.9 Å². The van der Waals surface area contributed by atoms with Crippen molar-refractivity contribution in [3.8, 4) is 5.69 Å². The van der Waals surface area contributed by atoms with Crippen LogP contribution in [0.1, 0.15) is 27.0 Å². The van der Waals surface area contributed by atoms with Gasteiger partial charge in [0.1, 0.15) is 5.82 Å².